The quantitative estimate of drug-likeness (QED) is 0.721. The number of halogens is 1. The molecule has 0 atom stereocenters. The van der Waals surface area contributed by atoms with E-state index < -0.39 is 11.8 Å². The van der Waals surface area contributed by atoms with Crippen LogP contribution in [0.1, 0.15) is 16.1 Å². The highest BCUT2D eigenvalue weighted by atomic mass is 19.1. The highest BCUT2D eigenvalue weighted by Gasteiger charge is 2.18. The number of nitrogens with zero attached hydrogens (tertiary/aromatic N) is 4. The van der Waals surface area contributed by atoms with Gasteiger partial charge in [0.2, 0.25) is 0 Å². The van der Waals surface area contributed by atoms with E-state index in [0.717, 1.165) is 6.20 Å². The molecule has 0 spiro atoms. The maximum Gasteiger partial charge on any atom is 0.358 e. The number of phenols is 1. The average Bonchev–Trinajstić information content (AvgIpc) is 2.84. The highest BCUT2D eigenvalue weighted by molar-refractivity contribution is 5.91. The lowest BCUT2D eigenvalue weighted by Crippen LogP contribution is -1.96. The third kappa shape index (κ3) is 2.73. The van der Waals surface area contributed by atoms with Crippen LogP contribution >= 0.6 is 0 Å². The van der Waals surface area contributed by atoms with E-state index in [1.807, 2.05) is 0 Å². The molecule has 0 radical (unpaired) electrons. The predicted molar refractivity (Wildman–Crippen MR) is 79.1 cm³/mol. The highest BCUT2D eigenvalue weighted by Crippen LogP contribution is 2.27. The second-order valence-corrected chi connectivity index (χ2v) is 4.84. The fourth-order valence-corrected chi connectivity index (χ4v) is 2.10. The number of hydrogen-bond acceptors (Lipinski definition) is 5. The minimum atomic E-state index is -1.29. The van der Waals surface area contributed by atoms with Gasteiger partial charge in [0.05, 0.1) is 5.69 Å². The summed E-state index contributed by atoms with van der Waals surface area (Å²) < 4.78 is 14.6. The molecule has 3 aromatic rings. The zero-order valence-electron chi connectivity index (χ0n) is 11.9. The van der Waals surface area contributed by atoms with Crippen LogP contribution in [0, 0.1) is 12.7 Å². The van der Waals surface area contributed by atoms with Crippen LogP contribution in [-0.2, 0) is 0 Å². The number of carboxylic acids is 1. The molecule has 2 heterocycles. The summed E-state index contributed by atoms with van der Waals surface area (Å²) >= 11 is 0. The zero-order chi connectivity index (χ0) is 16.6. The van der Waals surface area contributed by atoms with Crippen molar-refractivity contribution in [2.45, 2.75) is 6.92 Å². The number of carbonyl (C=O) groups is 1. The third-order valence-corrected chi connectivity index (χ3v) is 3.19. The van der Waals surface area contributed by atoms with E-state index in [0.29, 0.717) is 11.3 Å². The maximum absolute atomic E-state index is 13.4. The van der Waals surface area contributed by atoms with Gasteiger partial charge in [0.15, 0.2) is 11.5 Å². The van der Waals surface area contributed by atoms with E-state index in [1.165, 1.54) is 28.7 Å². The van der Waals surface area contributed by atoms with Crippen molar-refractivity contribution in [2.75, 3.05) is 0 Å². The lowest BCUT2D eigenvalue weighted by Gasteiger charge is -2.00. The summed E-state index contributed by atoms with van der Waals surface area (Å²) in [6.07, 6.45) is 1.09. The Bertz CT molecular complexity index is 949. The number of aryl methyl sites for hydroxylation is 1. The Balaban J connectivity index is 2.14. The standard InChI is InChI=1S/C15H11FN4O3/c1-8-6-10(21)3-4-11(8)18-19-14-13(15(22)23)17-12-5-2-9(16)7-20(12)14/h2-7,21H,1H3,(H,22,23). The van der Waals surface area contributed by atoms with Crippen LogP contribution in [0.4, 0.5) is 15.9 Å². The van der Waals surface area contributed by atoms with Crippen LogP contribution in [0.2, 0.25) is 0 Å². The molecule has 0 aliphatic rings. The van der Waals surface area contributed by atoms with Crippen LogP contribution in [-0.4, -0.2) is 25.6 Å². The fourth-order valence-electron chi connectivity index (χ4n) is 2.10. The van der Waals surface area contributed by atoms with Crippen molar-refractivity contribution in [1.82, 2.24) is 9.38 Å². The predicted octanol–water partition coefficient (Wildman–Crippen LogP) is 3.60. The Morgan fingerprint density at radius 1 is 1.26 bits per heavy atom. The van der Waals surface area contributed by atoms with Gasteiger partial charge in [-0.3, -0.25) is 4.40 Å². The molecule has 116 valence electrons. The fraction of sp³-hybridized carbons (Fsp3) is 0.0667. The molecular weight excluding hydrogens is 303 g/mol. The number of carboxylic acid groups (broad SMARTS) is 1. The summed E-state index contributed by atoms with van der Waals surface area (Å²) in [5.41, 5.74) is 1.03. The number of fused-ring (bicyclic) bond motifs is 1. The molecular formula is C15H11FN4O3. The van der Waals surface area contributed by atoms with E-state index in [9.17, 15) is 19.4 Å². The largest absolute Gasteiger partial charge is 0.508 e. The summed E-state index contributed by atoms with van der Waals surface area (Å²) in [5, 5.41) is 26.5. The summed E-state index contributed by atoms with van der Waals surface area (Å²) in [6.45, 7) is 1.72. The summed E-state index contributed by atoms with van der Waals surface area (Å²) in [5.74, 6) is -1.83. The average molecular weight is 314 g/mol. The molecule has 23 heavy (non-hydrogen) atoms. The monoisotopic (exact) mass is 314 g/mol. The molecule has 2 N–H and O–H groups in total. The number of imidazole rings is 1. The van der Waals surface area contributed by atoms with Crippen molar-refractivity contribution < 1.29 is 19.4 Å². The van der Waals surface area contributed by atoms with Crippen molar-refractivity contribution in [3.8, 4) is 5.75 Å². The lowest BCUT2D eigenvalue weighted by atomic mass is 10.2. The van der Waals surface area contributed by atoms with Crippen molar-refractivity contribution in [3.05, 3.63) is 53.6 Å². The Kier molecular flexibility index (Phi) is 3.49. The van der Waals surface area contributed by atoms with Crippen molar-refractivity contribution in [1.29, 1.82) is 0 Å². The van der Waals surface area contributed by atoms with Crippen LogP contribution in [0.5, 0.6) is 5.75 Å². The van der Waals surface area contributed by atoms with E-state index in [-0.39, 0.29) is 22.9 Å². The molecule has 1 aromatic carbocycles. The van der Waals surface area contributed by atoms with Gasteiger partial charge in [0.1, 0.15) is 17.2 Å². The summed E-state index contributed by atoms with van der Waals surface area (Å²) in [6, 6.07) is 7.01. The zero-order valence-corrected chi connectivity index (χ0v) is 11.9. The molecule has 8 heteroatoms. The number of pyridine rings is 1. The molecule has 3 rings (SSSR count). The Labute approximate surface area is 129 Å². The van der Waals surface area contributed by atoms with Gasteiger partial charge in [-0.25, -0.2) is 14.2 Å². The molecule has 0 bridgehead atoms. The molecule has 0 saturated carbocycles. The number of aromatic hydroxyl groups is 1. The molecule has 0 amide bonds. The van der Waals surface area contributed by atoms with Gasteiger partial charge in [-0.05, 0) is 42.8 Å². The third-order valence-electron chi connectivity index (χ3n) is 3.19. The number of rotatable bonds is 3. The normalized spacial score (nSPS) is 11.4. The minimum absolute atomic E-state index is 0.0838. The molecule has 2 aromatic heterocycles. The van der Waals surface area contributed by atoms with Gasteiger partial charge >= 0.3 is 5.97 Å². The van der Waals surface area contributed by atoms with E-state index in [2.05, 4.69) is 15.2 Å². The summed E-state index contributed by atoms with van der Waals surface area (Å²) in [7, 11) is 0. The molecule has 7 nitrogen and oxygen atoms in total. The van der Waals surface area contributed by atoms with Gasteiger partial charge in [0.25, 0.3) is 0 Å². The van der Waals surface area contributed by atoms with Gasteiger partial charge < -0.3 is 10.2 Å². The number of aromatic carboxylic acids is 1. The molecule has 0 fully saturated rings. The molecule has 0 aliphatic carbocycles. The SMILES string of the molecule is Cc1cc(O)ccc1N=Nc1c(C(=O)O)nc2ccc(F)cn12. The first-order valence-corrected chi connectivity index (χ1v) is 6.58. The van der Waals surface area contributed by atoms with Crippen LogP contribution < -0.4 is 0 Å². The van der Waals surface area contributed by atoms with Crippen molar-refractivity contribution in [2.24, 2.45) is 10.2 Å². The number of benzene rings is 1. The van der Waals surface area contributed by atoms with E-state index in [1.54, 1.807) is 13.0 Å². The second-order valence-electron chi connectivity index (χ2n) is 4.84. The van der Waals surface area contributed by atoms with E-state index >= 15 is 0 Å². The second kappa shape index (κ2) is 5.48. The van der Waals surface area contributed by atoms with Crippen LogP contribution in [0.25, 0.3) is 5.65 Å². The number of azo groups is 1. The van der Waals surface area contributed by atoms with Gasteiger partial charge in [-0.2, -0.15) is 0 Å². The number of phenolic OH excluding ortho intramolecular Hbond substituents is 1. The lowest BCUT2D eigenvalue weighted by molar-refractivity contribution is 0.0692. The maximum atomic E-state index is 13.4. The first-order valence-electron chi connectivity index (χ1n) is 6.58. The molecule has 0 saturated heterocycles. The molecule has 0 unspecified atom stereocenters. The van der Waals surface area contributed by atoms with Crippen molar-refractivity contribution >= 4 is 23.1 Å². The molecule has 0 aliphatic heterocycles. The number of hydrogen-bond donors (Lipinski definition) is 2. The minimum Gasteiger partial charge on any atom is -0.508 e. The smallest absolute Gasteiger partial charge is 0.358 e. The number of aromatic nitrogens is 2. The van der Waals surface area contributed by atoms with Gasteiger partial charge in [-0.15, -0.1) is 10.2 Å². The van der Waals surface area contributed by atoms with E-state index in [4.69, 9.17) is 0 Å². The van der Waals surface area contributed by atoms with Crippen LogP contribution in [0.15, 0.2) is 46.8 Å². The topological polar surface area (TPSA) is 99.5 Å². The Hall–Kier alpha value is -3.29. The first-order chi connectivity index (χ1) is 11.0. The summed E-state index contributed by atoms with van der Waals surface area (Å²) in [4.78, 5) is 15.2. The van der Waals surface area contributed by atoms with Gasteiger partial charge in [-0.1, -0.05) is 0 Å². The van der Waals surface area contributed by atoms with Crippen molar-refractivity contribution in [3.63, 3.8) is 0 Å². The van der Waals surface area contributed by atoms with Crippen LogP contribution in [0.3, 0.4) is 0 Å². The Morgan fingerprint density at radius 3 is 2.74 bits per heavy atom. The Morgan fingerprint density at radius 2 is 2.04 bits per heavy atom. The first kappa shape index (κ1) is 14.6. The van der Waals surface area contributed by atoms with Gasteiger partial charge in [0, 0.05) is 6.20 Å².